The van der Waals surface area contributed by atoms with Crippen molar-refractivity contribution in [3.05, 3.63) is 29.3 Å². The number of aliphatic imine (C=N–C) groups is 1. The number of halogens is 2. The third kappa shape index (κ3) is 6.73. The highest BCUT2D eigenvalue weighted by Gasteiger charge is 2.18. The van der Waals surface area contributed by atoms with E-state index >= 15 is 0 Å². The third-order valence-corrected chi connectivity index (χ3v) is 3.97. The van der Waals surface area contributed by atoms with Gasteiger partial charge in [0.1, 0.15) is 0 Å². The number of benzene rings is 1. The molecular formula is C16H26ClIN4O. The van der Waals surface area contributed by atoms with Crippen LogP contribution in [-0.2, 0) is 4.74 Å². The number of anilines is 1. The van der Waals surface area contributed by atoms with Gasteiger partial charge in [0.15, 0.2) is 5.96 Å². The van der Waals surface area contributed by atoms with Gasteiger partial charge in [-0.2, -0.15) is 0 Å². The zero-order chi connectivity index (χ0) is 15.8. The van der Waals surface area contributed by atoms with Crippen LogP contribution in [-0.4, -0.2) is 56.8 Å². The fraction of sp³-hybridized carbons (Fsp3) is 0.562. The van der Waals surface area contributed by atoms with Crippen molar-refractivity contribution in [3.8, 4) is 0 Å². The lowest BCUT2D eigenvalue weighted by atomic mass is 10.2. The van der Waals surface area contributed by atoms with Crippen LogP contribution in [0.15, 0.2) is 29.3 Å². The number of piperazine rings is 1. The Labute approximate surface area is 160 Å². The van der Waals surface area contributed by atoms with Crippen molar-refractivity contribution < 1.29 is 4.74 Å². The van der Waals surface area contributed by atoms with Crippen LogP contribution in [0, 0.1) is 0 Å². The van der Waals surface area contributed by atoms with Crippen molar-refractivity contribution in [2.45, 2.75) is 13.3 Å². The molecule has 0 aliphatic carbocycles. The molecule has 0 aromatic heterocycles. The molecule has 2 rings (SSSR count). The Morgan fingerprint density at radius 3 is 2.48 bits per heavy atom. The lowest BCUT2D eigenvalue weighted by Gasteiger charge is -2.36. The van der Waals surface area contributed by atoms with Crippen molar-refractivity contribution in [2.75, 3.05) is 50.8 Å². The summed E-state index contributed by atoms with van der Waals surface area (Å²) in [6, 6.07) is 7.97. The van der Waals surface area contributed by atoms with Crippen molar-refractivity contribution in [3.63, 3.8) is 0 Å². The third-order valence-electron chi connectivity index (χ3n) is 3.72. The summed E-state index contributed by atoms with van der Waals surface area (Å²) >= 11 is 5.93. The van der Waals surface area contributed by atoms with Crippen LogP contribution in [0.2, 0.25) is 5.02 Å². The maximum Gasteiger partial charge on any atom is 0.191 e. The summed E-state index contributed by atoms with van der Waals surface area (Å²) in [6.45, 7) is 7.89. The molecule has 0 radical (unpaired) electrons. The number of nitrogens with two attached hydrogens (primary N) is 1. The van der Waals surface area contributed by atoms with Gasteiger partial charge in [0.25, 0.3) is 0 Å². The normalized spacial score (nSPS) is 15.5. The Hall–Kier alpha value is -0.730. The van der Waals surface area contributed by atoms with Crippen LogP contribution in [0.3, 0.4) is 0 Å². The van der Waals surface area contributed by atoms with Crippen molar-refractivity contribution in [1.82, 2.24) is 4.90 Å². The van der Waals surface area contributed by atoms with E-state index < -0.39 is 0 Å². The first-order chi connectivity index (χ1) is 10.7. The SMILES string of the molecule is CCOCCCN=C(N)N1CCN(c2ccc(Cl)cc2)CC1.I. The second kappa shape index (κ2) is 10.9. The fourth-order valence-electron chi connectivity index (χ4n) is 2.45. The highest BCUT2D eigenvalue weighted by Crippen LogP contribution is 2.19. The molecule has 5 nitrogen and oxygen atoms in total. The number of hydrogen-bond donors (Lipinski definition) is 1. The standard InChI is InChI=1S/C16H25ClN4O.HI/c1-2-22-13-3-8-19-16(18)21-11-9-20(10-12-21)15-6-4-14(17)5-7-15;/h4-7H,2-3,8-13H2,1H3,(H2,18,19);1H. The Kier molecular flexibility index (Phi) is 9.66. The highest BCUT2D eigenvalue weighted by atomic mass is 127. The Morgan fingerprint density at radius 2 is 1.87 bits per heavy atom. The summed E-state index contributed by atoms with van der Waals surface area (Å²) in [6.07, 6.45) is 0.916. The molecule has 1 fully saturated rings. The first-order valence-electron chi connectivity index (χ1n) is 7.84. The van der Waals surface area contributed by atoms with Gasteiger partial charge in [-0.05, 0) is 37.6 Å². The topological polar surface area (TPSA) is 54.1 Å². The molecule has 1 saturated heterocycles. The van der Waals surface area contributed by atoms with Crippen LogP contribution < -0.4 is 10.6 Å². The summed E-state index contributed by atoms with van der Waals surface area (Å²) < 4.78 is 5.29. The smallest absolute Gasteiger partial charge is 0.191 e. The highest BCUT2D eigenvalue weighted by molar-refractivity contribution is 14.0. The molecule has 1 aliphatic heterocycles. The average Bonchev–Trinajstić information content (AvgIpc) is 2.55. The molecule has 7 heteroatoms. The van der Waals surface area contributed by atoms with E-state index in [-0.39, 0.29) is 24.0 Å². The lowest BCUT2D eigenvalue weighted by molar-refractivity contribution is 0.146. The van der Waals surface area contributed by atoms with Gasteiger partial charge in [0.2, 0.25) is 0 Å². The van der Waals surface area contributed by atoms with Crippen LogP contribution in [0.25, 0.3) is 0 Å². The van der Waals surface area contributed by atoms with Gasteiger partial charge >= 0.3 is 0 Å². The van der Waals surface area contributed by atoms with Gasteiger partial charge in [-0.3, -0.25) is 4.99 Å². The molecule has 0 amide bonds. The molecule has 1 aromatic carbocycles. The molecule has 0 bridgehead atoms. The van der Waals surface area contributed by atoms with E-state index in [1.807, 2.05) is 19.1 Å². The van der Waals surface area contributed by atoms with Crippen molar-refractivity contribution in [2.24, 2.45) is 10.7 Å². The van der Waals surface area contributed by atoms with E-state index in [9.17, 15) is 0 Å². The van der Waals surface area contributed by atoms with E-state index in [1.165, 1.54) is 5.69 Å². The minimum atomic E-state index is 0. The largest absolute Gasteiger partial charge is 0.382 e. The van der Waals surface area contributed by atoms with Crippen LogP contribution in [0.1, 0.15) is 13.3 Å². The van der Waals surface area contributed by atoms with Crippen LogP contribution in [0.5, 0.6) is 0 Å². The van der Waals surface area contributed by atoms with Gasteiger partial charge in [-0.1, -0.05) is 11.6 Å². The molecule has 23 heavy (non-hydrogen) atoms. The van der Waals surface area contributed by atoms with Gasteiger partial charge in [-0.15, -0.1) is 24.0 Å². The number of nitrogens with zero attached hydrogens (tertiary/aromatic N) is 3. The predicted molar refractivity (Wildman–Crippen MR) is 108 cm³/mol. The monoisotopic (exact) mass is 452 g/mol. The summed E-state index contributed by atoms with van der Waals surface area (Å²) in [4.78, 5) is 8.92. The summed E-state index contributed by atoms with van der Waals surface area (Å²) in [5.41, 5.74) is 7.27. The molecule has 0 spiro atoms. The van der Waals surface area contributed by atoms with Crippen LogP contribution >= 0.6 is 35.6 Å². The minimum Gasteiger partial charge on any atom is -0.382 e. The van der Waals surface area contributed by atoms with Crippen molar-refractivity contribution >= 4 is 47.2 Å². The predicted octanol–water partition coefficient (Wildman–Crippen LogP) is 2.82. The average molecular weight is 453 g/mol. The fourth-order valence-corrected chi connectivity index (χ4v) is 2.58. The van der Waals surface area contributed by atoms with Gasteiger partial charge < -0.3 is 20.3 Å². The zero-order valence-corrected chi connectivity index (χ0v) is 16.7. The molecule has 2 N–H and O–H groups in total. The van der Waals surface area contributed by atoms with Gasteiger partial charge in [0.05, 0.1) is 0 Å². The molecule has 0 unspecified atom stereocenters. The molecular weight excluding hydrogens is 427 g/mol. The molecule has 1 heterocycles. The second-order valence-electron chi connectivity index (χ2n) is 5.24. The minimum absolute atomic E-state index is 0. The van der Waals surface area contributed by atoms with Crippen molar-refractivity contribution in [1.29, 1.82) is 0 Å². The lowest BCUT2D eigenvalue weighted by Crippen LogP contribution is -2.51. The number of ether oxygens (including phenoxy) is 1. The first kappa shape index (κ1) is 20.3. The van der Waals surface area contributed by atoms with E-state index in [2.05, 4.69) is 26.9 Å². The summed E-state index contributed by atoms with van der Waals surface area (Å²) in [5.74, 6) is 0.646. The Morgan fingerprint density at radius 1 is 1.22 bits per heavy atom. The zero-order valence-electron chi connectivity index (χ0n) is 13.6. The summed E-state index contributed by atoms with van der Waals surface area (Å²) in [5, 5.41) is 0.769. The summed E-state index contributed by atoms with van der Waals surface area (Å²) in [7, 11) is 0. The first-order valence-corrected chi connectivity index (χ1v) is 8.21. The maximum absolute atomic E-state index is 6.07. The molecule has 1 aliphatic rings. The molecule has 0 atom stereocenters. The number of rotatable bonds is 6. The number of hydrogen-bond acceptors (Lipinski definition) is 3. The van der Waals surface area contributed by atoms with E-state index in [1.54, 1.807) is 0 Å². The molecule has 130 valence electrons. The van der Waals surface area contributed by atoms with Gasteiger partial charge in [-0.25, -0.2) is 0 Å². The van der Waals surface area contributed by atoms with Gasteiger partial charge in [0, 0.05) is 56.6 Å². The maximum atomic E-state index is 6.07. The quantitative estimate of drug-likeness (QED) is 0.312. The van der Waals surface area contributed by atoms with E-state index in [0.29, 0.717) is 5.96 Å². The number of guanidine groups is 1. The Bertz CT molecular complexity index is 475. The molecule has 1 aromatic rings. The van der Waals surface area contributed by atoms with Crippen LogP contribution in [0.4, 0.5) is 5.69 Å². The Balaban J connectivity index is 0.00000264. The second-order valence-corrected chi connectivity index (χ2v) is 5.68. The van der Waals surface area contributed by atoms with E-state index in [4.69, 9.17) is 22.1 Å². The molecule has 0 saturated carbocycles. The van der Waals surface area contributed by atoms with E-state index in [0.717, 1.165) is 57.4 Å².